The quantitative estimate of drug-likeness (QED) is 0.893. The number of amides is 1. The van der Waals surface area contributed by atoms with Crippen LogP contribution in [0.1, 0.15) is 25.3 Å². The molecule has 4 heteroatoms. The minimum Gasteiger partial charge on any atom is -0.494 e. The fraction of sp³-hybridized carbons (Fsp3) is 0.562. The second-order valence-electron chi connectivity index (χ2n) is 5.53. The van der Waals surface area contributed by atoms with Gasteiger partial charge in [-0.15, -0.1) is 0 Å². The van der Waals surface area contributed by atoms with Gasteiger partial charge < -0.3 is 14.8 Å². The number of hydrogen-bond acceptors (Lipinski definition) is 3. The second kappa shape index (κ2) is 5.83. The fourth-order valence-corrected chi connectivity index (χ4v) is 3.08. The lowest BCUT2D eigenvalue weighted by Crippen LogP contribution is -2.53. The van der Waals surface area contributed by atoms with Gasteiger partial charge in [-0.3, -0.25) is 4.79 Å². The molecule has 2 fully saturated rings. The first-order chi connectivity index (χ1) is 9.76. The van der Waals surface area contributed by atoms with Gasteiger partial charge in [0.25, 0.3) is 0 Å². The van der Waals surface area contributed by atoms with Gasteiger partial charge in [0.1, 0.15) is 5.75 Å². The van der Waals surface area contributed by atoms with Crippen molar-refractivity contribution in [2.75, 3.05) is 13.2 Å². The summed E-state index contributed by atoms with van der Waals surface area (Å²) < 4.78 is 10.9. The molecule has 1 aromatic rings. The maximum Gasteiger partial charge on any atom is 0.224 e. The summed E-state index contributed by atoms with van der Waals surface area (Å²) in [6, 6.07) is 8.05. The van der Waals surface area contributed by atoms with Crippen molar-refractivity contribution < 1.29 is 14.3 Å². The van der Waals surface area contributed by atoms with Crippen LogP contribution in [0.25, 0.3) is 0 Å². The van der Waals surface area contributed by atoms with Crippen LogP contribution >= 0.6 is 0 Å². The van der Waals surface area contributed by atoms with Crippen molar-refractivity contribution in [2.24, 2.45) is 5.92 Å². The van der Waals surface area contributed by atoms with Crippen LogP contribution in [0, 0.1) is 5.92 Å². The number of carbonyl (C=O) groups is 1. The standard InChI is InChI=1S/C16H21NO3/c1-2-19-12-5-3-11(4-6-12)9-16(18)17-14-10-15-13(14)7-8-20-15/h3-6,13-15H,2,7-10H2,1H3,(H,17,18)/t13-,14+,15+/m0/s1. The number of fused-ring (bicyclic) bond motifs is 1. The molecule has 1 saturated carbocycles. The highest BCUT2D eigenvalue weighted by Gasteiger charge is 2.45. The van der Waals surface area contributed by atoms with E-state index in [1.54, 1.807) is 0 Å². The van der Waals surface area contributed by atoms with Crippen molar-refractivity contribution >= 4 is 5.91 Å². The van der Waals surface area contributed by atoms with Gasteiger partial charge in [0.05, 0.1) is 19.1 Å². The van der Waals surface area contributed by atoms with E-state index < -0.39 is 0 Å². The predicted octanol–water partition coefficient (Wildman–Crippen LogP) is 1.92. The molecule has 3 atom stereocenters. The smallest absolute Gasteiger partial charge is 0.224 e. The van der Waals surface area contributed by atoms with E-state index >= 15 is 0 Å². The van der Waals surface area contributed by atoms with Crippen LogP contribution < -0.4 is 10.1 Å². The van der Waals surface area contributed by atoms with Crippen LogP contribution in [0.15, 0.2) is 24.3 Å². The van der Waals surface area contributed by atoms with Crippen LogP contribution in [0.5, 0.6) is 5.75 Å². The Kier molecular flexibility index (Phi) is 3.92. The summed E-state index contributed by atoms with van der Waals surface area (Å²) in [6.07, 6.45) is 2.88. The third-order valence-corrected chi connectivity index (χ3v) is 4.21. The largest absolute Gasteiger partial charge is 0.494 e. The Balaban J connectivity index is 1.48. The fourth-order valence-electron chi connectivity index (χ4n) is 3.08. The molecule has 1 saturated heterocycles. The van der Waals surface area contributed by atoms with Crippen molar-refractivity contribution in [1.29, 1.82) is 0 Å². The van der Waals surface area contributed by atoms with E-state index in [0.29, 0.717) is 31.1 Å². The van der Waals surface area contributed by atoms with Crippen LogP contribution in [0.4, 0.5) is 0 Å². The van der Waals surface area contributed by atoms with Gasteiger partial charge in [0.15, 0.2) is 0 Å². The highest BCUT2D eigenvalue weighted by atomic mass is 16.5. The molecule has 0 radical (unpaired) electrons. The first kappa shape index (κ1) is 13.4. The second-order valence-corrected chi connectivity index (χ2v) is 5.53. The molecule has 1 heterocycles. The third kappa shape index (κ3) is 2.80. The number of ether oxygens (including phenoxy) is 2. The van der Waals surface area contributed by atoms with Crippen molar-refractivity contribution in [2.45, 2.75) is 38.3 Å². The number of rotatable bonds is 5. The maximum atomic E-state index is 12.0. The first-order valence-electron chi connectivity index (χ1n) is 7.39. The molecule has 0 unspecified atom stereocenters. The molecule has 4 nitrogen and oxygen atoms in total. The van der Waals surface area contributed by atoms with Gasteiger partial charge in [-0.2, -0.15) is 0 Å². The van der Waals surface area contributed by atoms with E-state index in [-0.39, 0.29) is 5.91 Å². The summed E-state index contributed by atoms with van der Waals surface area (Å²) in [5.41, 5.74) is 1.02. The Morgan fingerprint density at radius 1 is 1.40 bits per heavy atom. The normalized spacial score (nSPS) is 27.6. The molecular weight excluding hydrogens is 254 g/mol. The molecule has 0 aromatic heterocycles. The molecule has 2 aliphatic rings. The summed E-state index contributed by atoms with van der Waals surface area (Å²) >= 11 is 0. The van der Waals surface area contributed by atoms with Crippen LogP contribution in [0.2, 0.25) is 0 Å². The maximum absolute atomic E-state index is 12.0. The van der Waals surface area contributed by atoms with Crippen molar-refractivity contribution in [3.05, 3.63) is 29.8 Å². The van der Waals surface area contributed by atoms with Gasteiger partial charge in [-0.1, -0.05) is 12.1 Å². The highest BCUT2D eigenvalue weighted by Crippen LogP contribution is 2.38. The third-order valence-electron chi connectivity index (χ3n) is 4.21. The molecule has 1 aromatic carbocycles. The Bertz CT molecular complexity index is 471. The summed E-state index contributed by atoms with van der Waals surface area (Å²) in [7, 11) is 0. The van der Waals surface area contributed by atoms with Crippen molar-refractivity contribution in [1.82, 2.24) is 5.32 Å². The monoisotopic (exact) mass is 275 g/mol. The number of carbonyl (C=O) groups excluding carboxylic acids is 1. The van der Waals surface area contributed by atoms with E-state index in [1.165, 1.54) is 0 Å². The molecule has 0 bridgehead atoms. The van der Waals surface area contributed by atoms with E-state index in [0.717, 1.165) is 30.8 Å². The Hall–Kier alpha value is -1.55. The van der Waals surface area contributed by atoms with Crippen molar-refractivity contribution in [3.8, 4) is 5.75 Å². The highest BCUT2D eigenvalue weighted by molar-refractivity contribution is 5.79. The number of nitrogens with one attached hydrogen (secondary N) is 1. The van der Waals surface area contributed by atoms with Crippen LogP contribution in [-0.2, 0) is 16.0 Å². The average molecular weight is 275 g/mol. The van der Waals surface area contributed by atoms with Crippen molar-refractivity contribution in [3.63, 3.8) is 0 Å². The average Bonchev–Trinajstić information content (AvgIpc) is 2.80. The Morgan fingerprint density at radius 2 is 2.20 bits per heavy atom. The molecule has 1 N–H and O–H groups in total. The van der Waals surface area contributed by atoms with E-state index in [4.69, 9.17) is 9.47 Å². The van der Waals surface area contributed by atoms with Gasteiger partial charge in [0.2, 0.25) is 5.91 Å². The van der Waals surface area contributed by atoms with E-state index in [1.807, 2.05) is 31.2 Å². The molecule has 1 aliphatic carbocycles. The van der Waals surface area contributed by atoms with Crippen LogP contribution in [0.3, 0.4) is 0 Å². The topological polar surface area (TPSA) is 47.6 Å². The summed E-state index contributed by atoms with van der Waals surface area (Å²) in [5.74, 6) is 1.49. The predicted molar refractivity (Wildman–Crippen MR) is 75.7 cm³/mol. The summed E-state index contributed by atoms with van der Waals surface area (Å²) in [5, 5.41) is 3.13. The Labute approximate surface area is 119 Å². The zero-order chi connectivity index (χ0) is 13.9. The van der Waals surface area contributed by atoms with Crippen LogP contribution in [-0.4, -0.2) is 31.3 Å². The molecular formula is C16H21NO3. The molecule has 3 rings (SSSR count). The summed E-state index contributed by atoms with van der Waals surface area (Å²) in [4.78, 5) is 12.0. The molecule has 1 amide bonds. The zero-order valence-corrected chi connectivity index (χ0v) is 11.8. The minimum absolute atomic E-state index is 0.101. The lowest BCUT2D eigenvalue weighted by molar-refractivity contribution is -0.123. The van der Waals surface area contributed by atoms with Gasteiger partial charge >= 0.3 is 0 Å². The molecule has 1 aliphatic heterocycles. The zero-order valence-electron chi connectivity index (χ0n) is 11.8. The number of hydrogen-bond donors (Lipinski definition) is 1. The lowest BCUT2D eigenvalue weighted by Gasteiger charge is -2.39. The van der Waals surface area contributed by atoms with Gasteiger partial charge in [-0.05, 0) is 37.5 Å². The molecule has 108 valence electrons. The molecule has 20 heavy (non-hydrogen) atoms. The summed E-state index contributed by atoms with van der Waals surface area (Å²) in [6.45, 7) is 3.46. The van der Waals surface area contributed by atoms with Gasteiger partial charge in [0, 0.05) is 18.6 Å². The molecule has 0 spiro atoms. The van der Waals surface area contributed by atoms with Gasteiger partial charge in [-0.25, -0.2) is 0 Å². The SMILES string of the molecule is CCOc1ccc(CC(=O)N[C@@H]2C[C@H]3OCC[C@@H]23)cc1. The van der Waals surface area contributed by atoms with E-state index in [9.17, 15) is 4.79 Å². The first-order valence-corrected chi connectivity index (χ1v) is 7.39. The van der Waals surface area contributed by atoms with E-state index in [2.05, 4.69) is 5.32 Å². The lowest BCUT2D eigenvalue weighted by atomic mass is 9.76. The number of benzene rings is 1. The Morgan fingerprint density at radius 3 is 2.90 bits per heavy atom. The minimum atomic E-state index is 0.101.